The van der Waals surface area contributed by atoms with Crippen LogP contribution in [0.3, 0.4) is 0 Å². The molecule has 3 fully saturated rings. The Kier molecular flexibility index (Phi) is 11.3. The monoisotopic (exact) mass is 571 g/mol. The first-order valence-corrected chi connectivity index (χ1v) is 13.6. The number of rotatable bonds is 7. The van der Waals surface area contributed by atoms with Crippen LogP contribution in [0.15, 0.2) is 4.99 Å². The average molecular weight is 572 g/mol. The Morgan fingerprint density at radius 2 is 1.71 bits per heavy atom. The number of morpholine rings is 1. The van der Waals surface area contributed by atoms with Gasteiger partial charge < -0.3 is 15.4 Å². The summed E-state index contributed by atoms with van der Waals surface area (Å²) in [5.41, 5.74) is 0.172. The van der Waals surface area contributed by atoms with Crippen molar-refractivity contribution in [2.24, 2.45) is 10.9 Å². The van der Waals surface area contributed by atoms with Crippen LogP contribution in [0.4, 0.5) is 0 Å². The molecule has 31 heavy (non-hydrogen) atoms. The minimum absolute atomic E-state index is 0. The zero-order valence-electron chi connectivity index (χ0n) is 19.3. The maximum Gasteiger partial charge on any atom is 0.211 e. The second-order valence-corrected chi connectivity index (χ2v) is 11.0. The molecule has 0 radical (unpaired) electrons. The largest absolute Gasteiger partial charge is 0.379 e. The van der Waals surface area contributed by atoms with E-state index in [2.05, 4.69) is 22.5 Å². The van der Waals surface area contributed by atoms with Gasteiger partial charge in [-0.3, -0.25) is 9.89 Å². The molecule has 0 amide bonds. The highest BCUT2D eigenvalue weighted by Crippen LogP contribution is 2.34. The summed E-state index contributed by atoms with van der Waals surface area (Å²) in [7, 11) is -3.06. The number of nitrogens with zero attached hydrogens (tertiary/aromatic N) is 3. The van der Waals surface area contributed by atoms with Gasteiger partial charge in [-0.15, -0.1) is 24.0 Å². The lowest BCUT2D eigenvalue weighted by molar-refractivity contribution is -0.0333. The third kappa shape index (κ3) is 7.97. The van der Waals surface area contributed by atoms with Crippen molar-refractivity contribution in [3.05, 3.63) is 0 Å². The van der Waals surface area contributed by atoms with Gasteiger partial charge in [-0.25, -0.2) is 12.7 Å². The Labute approximate surface area is 206 Å². The smallest absolute Gasteiger partial charge is 0.211 e. The van der Waals surface area contributed by atoms with E-state index in [1.165, 1.54) is 38.4 Å². The van der Waals surface area contributed by atoms with Crippen molar-refractivity contribution in [1.82, 2.24) is 19.8 Å². The number of ether oxygens (including phenoxy) is 1. The molecule has 0 aromatic carbocycles. The Bertz CT molecular complexity index is 656. The van der Waals surface area contributed by atoms with E-state index in [0.29, 0.717) is 19.0 Å². The van der Waals surface area contributed by atoms with Crippen molar-refractivity contribution in [3.8, 4) is 0 Å². The van der Waals surface area contributed by atoms with Gasteiger partial charge >= 0.3 is 0 Å². The molecule has 0 atom stereocenters. The fourth-order valence-corrected chi connectivity index (χ4v) is 5.95. The van der Waals surface area contributed by atoms with E-state index >= 15 is 0 Å². The molecule has 2 aliphatic heterocycles. The molecule has 1 saturated carbocycles. The van der Waals surface area contributed by atoms with Crippen molar-refractivity contribution >= 4 is 40.0 Å². The number of piperidine rings is 1. The summed E-state index contributed by atoms with van der Waals surface area (Å²) in [6, 6.07) is 0. The van der Waals surface area contributed by atoms with Crippen molar-refractivity contribution in [3.63, 3.8) is 0 Å². The summed E-state index contributed by atoms with van der Waals surface area (Å²) < 4.78 is 30.6. The Balaban J connectivity index is 0.00000341. The molecule has 182 valence electrons. The number of halogens is 1. The van der Waals surface area contributed by atoms with Gasteiger partial charge in [-0.05, 0) is 38.5 Å². The van der Waals surface area contributed by atoms with Crippen molar-refractivity contribution in [2.75, 3.05) is 65.3 Å². The SMILES string of the molecule is CCNC(=NCC1(N2CCOCC2)CCCCC1)NCC1CCN(S(C)(=O)=O)CC1.I. The van der Waals surface area contributed by atoms with E-state index in [4.69, 9.17) is 9.73 Å². The quantitative estimate of drug-likeness (QED) is 0.276. The minimum Gasteiger partial charge on any atom is -0.379 e. The molecular formula is C21H42IN5O3S. The van der Waals surface area contributed by atoms with Gasteiger partial charge in [0, 0.05) is 44.8 Å². The lowest BCUT2D eigenvalue weighted by atomic mass is 9.80. The van der Waals surface area contributed by atoms with Crippen LogP contribution >= 0.6 is 24.0 Å². The van der Waals surface area contributed by atoms with Gasteiger partial charge in [0.25, 0.3) is 0 Å². The van der Waals surface area contributed by atoms with E-state index in [1.54, 1.807) is 4.31 Å². The highest BCUT2D eigenvalue weighted by Gasteiger charge is 2.38. The predicted octanol–water partition coefficient (Wildman–Crippen LogP) is 1.87. The summed E-state index contributed by atoms with van der Waals surface area (Å²) >= 11 is 0. The zero-order valence-corrected chi connectivity index (χ0v) is 22.4. The second-order valence-electron chi connectivity index (χ2n) is 9.07. The second kappa shape index (κ2) is 12.9. The van der Waals surface area contributed by atoms with Crippen LogP contribution in [0.25, 0.3) is 0 Å². The highest BCUT2D eigenvalue weighted by molar-refractivity contribution is 14.0. The number of sulfonamides is 1. The van der Waals surface area contributed by atoms with E-state index in [1.807, 2.05) is 0 Å². The first-order valence-electron chi connectivity index (χ1n) is 11.7. The summed E-state index contributed by atoms with van der Waals surface area (Å²) in [5, 5.41) is 6.94. The molecule has 8 nitrogen and oxygen atoms in total. The lowest BCUT2D eigenvalue weighted by Gasteiger charge is -2.47. The molecule has 3 rings (SSSR count). The van der Waals surface area contributed by atoms with E-state index in [-0.39, 0.29) is 29.5 Å². The summed E-state index contributed by atoms with van der Waals surface area (Å²) in [6.45, 7) is 9.53. The predicted molar refractivity (Wildman–Crippen MR) is 137 cm³/mol. The van der Waals surface area contributed by atoms with Crippen LogP contribution in [0, 0.1) is 5.92 Å². The molecule has 10 heteroatoms. The van der Waals surface area contributed by atoms with Crippen LogP contribution in [-0.2, 0) is 14.8 Å². The van der Waals surface area contributed by atoms with Gasteiger partial charge in [0.15, 0.2) is 5.96 Å². The number of aliphatic imine (C=N–C) groups is 1. The molecule has 0 bridgehead atoms. The maximum atomic E-state index is 11.7. The third-order valence-electron chi connectivity index (χ3n) is 6.94. The highest BCUT2D eigenvalue weighted by atomic mass is 127. The third-order valence-corrected chi connectivity index (χ3v) is 8.25. The fourth-order valence-electron chi connectivity index (χ4n) is 5.08. The first kappa shape index (κ1) is 27.1. The molecule has 2 heterocycles. The molecule has 0 aromatic rings. The number of hydrogen-bond donors (Lipinski definition) is 2. The zero-order chi connectivity index (χ0) is 21.5. The molecule has 1 aliphatic carbocycles. The molecule has 3 aliphatic rings. The lowest BCUT2D eigenvalue weighted by Crippen LogP contribution is -2.56. The molecule has 2 saturated heterocycles. The van der Waals surface area contributed by atoms with E-state index in [0.717, 1.165) is 64.7 Å². The van der Waals surface area contributed by atoms with Crippen LogP contribution in [0.5, 0.6) is 0 Å². The van der Waals surface area contributed by atoms with Crippen LogP contribution in [-0.4, -0.2) is 94.4 Å². The van der Waals surface area contributed by atoms with Gasteiger partial charge in [0.2, 0.25) is 10.0 Å². The molecule has 0 unspecified atom stereocenters. The topological polar surface area (TPSA) is 86.3 Å². The van der Waals surface area contributed by atoms with Crippen molar-refractivity contribution in [2.45, 2.75) is 57.4 Å². The summed E-state index contributed by atoms with van der Waals surface area (Å²) in [4.78, 5) is 7.66. The molecular weight excluding hydrogens is 529 g/mol. The number of guanidine groups is 1. The number of hydrogen-bond acceptors (Lipinski definition) is 5. The normalized spacial score (nSPS) is 24.4. The van der Waals surface area contributed by atoms with Crippen LogP contribution in [0.1, 0.15) is 51.9 Å². The summed E-state index contributed by atoms with van der Waals surface area (Å²) in [5.74, 6) is 1.37. The van der Waals surface area contributed by atoms with Gasteiger partial charge in [0.05, 0.1) is 26.0 Å². The van der Waals surface area contributed by atoms with Gasteiger partial charge in [0.1, 0.15) is 0 Å². The van der Waals surface area contributed by atoms with E-state index in [9.17, 15) is 8.42 Å². The average Bonchev–Trinajstić information content (AvgIpc) is 2.76. The number of nitrogens with one attached hydrogen (secondary N) is 2. The minimum atomic E-state index is -3.06. The van der Waals surface area contributed by atoms with Crippen LogP contribution < -0.4 is 10.6 Å². The Hall–Kier alpha value is -0.170. The molecule has 0 aromatic heterocycles. The van der Waals surface area contributed by atoms with E-state index < -0.39 is 10.0 Å². The molecule has 0 spiro atoms. The Morgan fingerprint density at radius 3 is 2.29 bits per heavy atom. The summed E-state index contributed by atoms with van der Waals surface area (Å²) in [6.07, 6.45) is 9.46. The van der Waals surface area contributed by atoms with Crippen molar-refractivity contribution < 1.29 is 13.2 Å². The maximum absolute atomic E-state index is 11.7. The van der Waals surface area contributed by atoms with Crippen molar-refractivity contribution in [1.29, 1.82) is 0 Å². The standard InChI is InChI=1S/C21H41N5O3S.HI/c1-3-22-20(23-17-19-7-11-26(12-8-19)30(2,27)28)24-18-21(9-5-4-6-10-21)25-13-15-29-16-14-25;/h19H,3-18H2,1-2H3,(H2,22,23,24);1H. The first-order chi connectivity index (χ1) is 14.4. The Morgan fingerprint density at radius 1 is 1.06 bits per heavy atom. The van der Waals surface area contributed by atoms with Gasteiger partial charge in [-0.2, -0.15) is 0 Å². The van der Waals surface area contributed by atoms with Gasteiger partial charge in [-0.1, -0.05) is 19.3 Å². The fraction of sp³-hybridized carbons (Fsp3) is 0.952. The molecule has 2 N–H and O–H groups in total. The van der Waals surface area contributed by atoms with Crippen LogP contribution in [0.2, 0.25) is 0 Å².